The average molecular weight is 284 g/mol. The average Bonchev–Trinajstić information content (AvgIpc) is 3.20. The quantitative estimate of drug-likeness (QED) is 0.937. The highest BCUT2D eigenvalue weighted by Gasteiger charge is 2.16. The molecule has 2 aromatic rings. The third-order valence-electron chi connectivity index (χ3n) is 3.72. The maximum absolute atomic E-state index is 11.8. The number of hydrogen-bond donors (Lipinski definition) is 1. The number of aromatic nitrogens is 2. The fourth-order valence-corrected chi connectivity index (χ4v) is 2.56. The molecule has 1 saturated heterocycles. The topological polar surface area (TPSA) is 50.2 Å². The van der Waals surface area contributed by atoms with Crippen LogP contribution in [0.2, 0.25) is 0 Å². The molecule has 1 fully saturated rings. The Morgan fingerprint density at radius 3 is 2.67 bits per heavy atom. The Bertz CT molecular complexity index is 587. The molecule has 2 amide bonds. The molecule has 0 bridgehead atoms. The molecule has 0 unspecified atom stereocenters. The predicted molar refractivity (Wildman–Crippen MR) is 81.9 cm³/mol. The van der Waals surface area contributed by atoms with Crippen molar-refractivity contribution in [3.05, 3.63) is 42.6 Å². The molecule has 5 nitrogen and oxygen atoms in total. The first-order valence-electron chi connectivity index (χ1n) is 7.44. The molecule has 0 atom stereocenters. The van der Waals surface area contributed by atoms with Crippen molar-refractivity contribution in [2.75, 3.05) is 19.6 Å². The normalized spacial score (nSPS) is 14.4. The van der Waals surface area contributed by atoms with E-state index in [0.29, 0.717) is 13.1 Å². The van der Waals surface area contributed by atoms with Gasteiger partial charge in [0.2, 0.25) is 0 Å². The van der Waals surface area contributed by atoms with E-state index in [2.05, 4.69) is 10.4 Å². The van der Waals surface area contributed by atoms with Gasteiger partial charge in [0, 0.05) is 31.4 Å². The third-order valence-corrected chi connectivity index (χ3v) is 3.72. The lowest BCUT2D eigenvalue weighted by Gasteiger charge is -2.15. The van der Waals surface area contributed by atoms with Crippen LogP contribution in [0.1, 0.15) is 12.8 Å². The van der Waals surface area contributed by atoms with Crippen molar-refractivity contribution in [2.24, 2.45) is 0 Å². The summed E-state index contributed by atoms with van der Waals surface area (Å²) in [7, 11) is 0. The standard InChI is InChI=1S/C16H20N4O/c21-16(19-10-4-5-11-19)17-9-13-20-12-8-15(18-20)14-6-2-1-3-7-14/h1-3,6-8,12H,4-5,9-11,13H2,(H,17,21). The van der Waals surface area contributed by atoms with Crippen LogP contribution in [0.25, 0.3) is 11.3 Å². The monoisotopic (exact) mass is 284 g/mol. The van der Waals surface area contributed by atoms with E-state index in [1.807, 2.05) is 52.2 Å². The molecule has 1 aromatic heterocycles. The molecular weight excluding hydrogens is 264 g/mol. The van der Waals surface area contributed by atoms with Gasteiger partial charge in [-0.1, -0.05) is 30.3 Å². The molecule has 3 rings (SSSR count). The second-order valence-corrected chi connectivity index (χ2v) is 5.26. The Morgan fingerprint density at radius 2 is 1.90 bits per heavy atom. The fourth-order valence-electron chi connectivity index (χ4n) is 2.56. The SMILES string of the molecule is O=C(NCCn1ccc(-c2ccccc2)n1)N1CCCC1. The van der Waals surface area contributed by atoms with Crippen molar-refractivity contribution in [3.8, 4) is 11.3 Å². The molecule has 5 heteroatoms. The minimum Gasteiger partial charge on any atom is -0.336 e. The van der Waals surface area contributed by atoms with Gasteiger partial charge in [-0.15, -0.1) is 0 Å². The molecule has 2 heterocycles. The largest absolute Gasteiger partial charge is 0.336 e. The van der Waals surface area contributed by atoms with Crippen molar-refractivity contribution in [3.63, 3.8) is 0 Å². The third kappa shape index (κ3) is 3.42. The number of amides is 2. The zero-order chi connectivity index (χ0) is 14.5. The maximum Gasteiger partial charge on any atom is 0.317 e. The van der Waals surface area contributed by atoms with E-state index < -0.39 is 0 Å². The molecular formula is C16H20N4O. The molecule has 1 aliphatic heterocycles. The number of carbonyl (C=O) groups is 1. The predicted octanol–water partition coefficient (Wildman–Crippen LogP) is 2.36. The van der Waals surface area contributed by atoms with Crippen molar-refractivity contribution in [1.29, 1.82) is 0 Å². The van der Waals surface area contributed by atoms with Gasteiger partial charge >= 0.3 is 6.03 Å². The van der Waals surface area contributed by atoms with Gasteiger partial charge in [0.25, 0.3) is 0 Å². The highest BCUT2D eigenvalue weighted by molar-refractivity contribution is 5.74. The Hall–Kier alpha value is -2.30. The van der Waals surface area contributed by atoms with Crippen LogP contribution in [0.4, 0.5) is 4.79 Å². The van der Waals surface area contributed by atoms with Gasteiger partial charge in [0.15, 0.2) is 0 Å². The first kappa shape index (κ1) is 13.7. The van der Waals surface area contributed by atoms with Crippen LogP contribution >= 0.6 is 0 Å². The van der Waals surface area contributed by atoms with Gasteiger partial charge < -0.3 is 10.2 Å². The van der Waals surface area contributed by atoms with E-state index in [9.17, 15) is 4.79 Å². The number of urea groups is 1. The number of nitrogens with zero attached hydrogens (tertiary/aromatic N) is 3. The lowest BCUT2D eigenvalue weighted by Crippen LogP contribution is -2.39. The van der Waals surface area contributed by atoms with Crippen LogP contribution < -0.4 is 5.32 Å². The molecule has 0 aliphatic carbocycles. The molecule has 0 saturated carbocycles. The molecule has 110 valence electrons. The minimum atomic E-state index is 0.0444. The minimum absolute atomic E-state index is 0.0444. The summed E-state index contributed by atoms with van der Waals surface area (Å²) in [5, 5.41) is 7.47. The zero-order valence-electron chi connectivity index (χ0n) is 12.0. The molecule has 0 spiro atoms. The van der Waals surface area contributed by atoms with Crippen LogP contribution in [0.5, 0.6) is 0 Å². The first-order chi connectivity index (χ1) is 10.3. The van der Waals surface area contributed by atoms with Gasteiger partial charge in [-0.2, -0.15) is 5.10 Å². The van der Waals surface area contributed by atoms with E-state index in [-0.39, 0.29) is 6.03 Å². The van der Waals surface area contributed by atoms with Crippen LogP contribution in [0.15, 0.2) is 42.6 Å². The van der Waals surface area contributed by atoms with Gasteiger partial charge in [0.05, 0.1) is 12.2 Å². The summed E-state index contributed by atoms with van der Waals surface area (Å²) in [5.41, 5.74) is 2.07. The fraction of sp³-hybridized carbons (Fsp3) is 0.375. The molecule has 1 aliphatic rings. The van der Waals surface area contributed by atoms with Gasteiger partial charge in [-0.25, -0.2) is 4.79 Å². The molecule has 1 aromatic carbocycles. The lowest BCUT2D eigenvalue weighted by atomic mass is 10.2. The van der Waals surface area contributed by atoms with E-state index in [0.717, 1.165) is 37.2 Å². The summed E-state index contributed by atoms with van der Waals surface area (Å²) >= 11 is 0. The van der Waals surface area contributed by atoms with E-state index in [1.165, 1.54) is 0 Å². The summed E-state index contributed by atoms with van der Waals surface area (Å²) in [6.07, 6.45) is 4.18. The van der Waals surface area contributed by atoms with Gasteiger partial charge in [0.1, 0.15) is 0 Å². The van der Waals surface area contributed by atoms with Crippen molar-refractivity contribution < 1.29 is 4.79 Å². The molecule has 1 N–H and O–H groups in total. The Balaban J connectivity index is 1.50. The Morgan fingerprint density at radius 1 is 1.14 bits per heavy atom. The number of rotatable bonds is 4. The summed E-state index contributed by atoms with van der Waals surface area (Å²) in [4.78, 5) is 13.7. The smallest absolute Gasteiger partial charge is 0.317 e. The maximum atomic E-state index is 11.8. The molecule has 21 heavy (non-hydrogen) atoms. The van der Waals surface area contributed by atoms with Crippen LogP contribution in [-0.4, -0.2) is 40.3 Å². The van der Waals surface area contributed by atoms with Crippen LogP contribution in [-0.2, 0) is 6.54 Å². The summed E-state index contributed by atoms with van der Waals surface area (Å²) in [5.74, 6) is 0. The van der Waals surface area contributed by atoms with Crippen LogP contribution in [0, 0.1) is 0 Å². The second kappa shape index (κ2) is 6.43. The number of benzene rings is 1. The van der Waals surface area contributed by atoms with E-state index in [1.54, 1.807) is 0 Å². The van der Waals surface area contributed by atoms with Crippen molar-refractivity contribution in [1.82, 2.24) is 20.0 Å². The first-order valence-corrected chi connectivity index (χ1v) is 7.44. The van der Waals surface area contributed by atoms with E-state index in [4.69, 9.17) is 0 Å². The Labute approximate surface area is 124 Å². The van der Waals surface area contributed by atoms with Crippen molar-refractivity contribution in [2.45, 2.75) is 19.4 Å². The van der Waals surface area contributed by atoms with Crippen molar-refractivity contribution >= 4 is 6.03 Å². The zero-order valence-corrected chi connectivity index (χ0v) is 12.0. The Kier molecular flexibility index (Phi) is 4.19. The van der Waals surface area contributed by atoms with Gasteiger partial charge in [-0.3, -0.25) is 4.68 Å². The van der Waals surface area contributed by atoms with Crippen LogP contribution in [0.3, 0.4) is 0 Å². The highest BCUT2D eigenvalue weighted by Crippen LogP contribution is 2.15. The van der Waals surface area contributed by atoms with Gasteiger partial charge in [-0.05, 0) is 18.9 Å². The number of nitrogens with one attached hydrogen (secondary N) is 1. The lowest BCUT2D eigenvalue weighted by molar-refractivity contribution is 0.208. The number of hydrogen-bond acceptors (Lipinski definition) is 2. The molecule has 0 radical (unpaired) electrons. The number of likely N-dealkylation sites (tertiary alicyclic amines) is 1. The van der Waals surface area contributed by atoms with E-state index >= 15 is 0 Å². The number of carbonyl (C=O) groups excluding carboxylic acids is 1. The highest BCUT2D eigenvalue weighted by atomic mass is 16.2. The summed E-state index contributed by atoms with van der Waals surface area (Å²) in [6, 6.07) is 12.1. The second-order valence-electron chi connectivity index (χ2n) is 5.26. The summed E-state index contributed by atoms with van der Waals surface area (Å²) < 4.78 is 1.87. The summed E-state index contributed by atoms with van der Waals surface area (Å²) in [6.45, 7) is 3.05.